The molecule has 0 radical (unpaired) electrons. The number of hydrogen-bond acceptors (Lipinski definition) is 6. The Hall–Kier alpha value is -2.29. The Morgan fingerprint density at radius 3 is 2.65 bits per heavy atom. The number of fused-ring (bicyclic) bond motifs is 1. The molecule has 0 aromatic heterocycles. The second-order valence-electron chi connectivity index (χ2n) is 11.4. The van der Waals surface area contributed by atoms with Gasteiger partial charge >= 0.3 is 5.97 Å². The molecular formula is C31H41ClN2O5S. The number of thioether (sulfide) groups is 1. The van der Waals surface area contributed by atoms with Crippen LogP contribution in [0.2, 0.25) is 5.02 Å². The lowest BCUT2D eigenvalue weighted by Crippen LogP contribution is -2.58. The van der Waals surface area contributed by atoms with E-state index in [9.17, 15) is 19.5 Å². The van der Waals surface area contributed by atoms with Crippen molar-refractivity contribution in [2.24, 2.45) is 17.8 Å². The first-order chi connectivity index (χ1) is 19.1. The van der Waals surface area contributed by atoms with Crippen LogP contribution in [0.4, 0.5) is 5.69 Å². The van der Waals surface area contributed by atoms with Gasteiger partial charge in [-0.05, 0) is 50.7 Å². The highest BCUT2D eigenvalue weighted by Crippen LogP contribution is 2.72. The minimum absolute atomic E-state index is 0.0604. The zero-order chi connectivity index (χ0) is 29.2. The fourth-order valence-electron chi connectivity index (χ4n) is 6.92. The first kappa shape index (κ1) is 30.7. The molecule has 2 bridgehead atoms. The lowest BCUT2D eigenvalue weighted by molar-refractivity contribution is -0.156. The smallest absolute Gasteiger partial charge is 0.311 e. The number of para-hydroxylation sites is 1. The van der Waals surface area contributed by atoms with Crippen LogP contribution in [-0.4, -0.2) is 69.1 Å². The lowest BCUT2D eigenvalue weighted by Gasteiger charge is -2.41. The molecule has 218 valence electrons. The summed E-state index contributed by atoms with van der Waals surface area (Å²) < 4.78 is 4.36. The van der Waals surface area contributed by atoms with Crippen molar-refractivity contribution in [2.75, 3.05) is 24.7 Å². The maximum absolute atomic E-state index is 14.7. The maximum Gasteiger partial charge on any atom is 0.311 e. The van der Waals surface area contributed by atoms with Gasteiger partial charge in [-0.3, -0.25) is 14.4 Å². The van der Waals surface area contributed by atoms with E-state index < -0.39 is 33.4 Å². The fourth-order valence-corrected chi connectivity index (χ4v) is 9.48. The van der Waals surface area contributed by atoms with Gasteiger partial charge in [-0.25, -0.2) is 0 Å². The van der Waals surface area contributed by atoms with Crippen LogP contribution in [0.15, 0.2) is 49.6 Å². The highest BCUT2D eigenvalue weighted by atomic mass is 35.5. The van der Waals surface area contributed by atoms with E-state index in [1.807, 2.05) is 26.8 Å². The SMILES string of the molecule is C=CCCCOC(=O)[C@@H]1[C@H]2C(=O)N([C@@H](CO)[C@@H](C)CC)C(C(=O)N(CC=C)c3ccccc3Cl)C23CC[C@@]1(C)S3. The number of ether oxygens (including phenoxy) is 1. The van der Waals surface area contributed by atoms with Gasteiger partial charge in [0, 0.05) is 11.3 Å². The number of nitrogens with zero attached hydrogens (tertiary/aromatic N) is 2. The third-order valence-electron chi connectivity index (χ3n) is 9.07. The van der Waals surface area contributed by atoms with Gasteiger partial charge in [0.05, 0.1) is 46.5 Å². The number of allylic oxidation sites excluding steroid dienone is 1. The Morgan fingerprint density at radius 1 is 1.30 bits per heavy atom. The average molecular weight is 589 g/mol. The molecule has 2 unspecified atom stereocenters. The summed E-state index contributed by atoms with van der Waals surface area (Å²) in [6, 6.07) is 5.67. The number of likely N-dealkylation sites (tertiary alicyclic amines) is 1. The van der Waals surface area contributed by atoms with E-state index in [-0.39, 0.29) is 43.5 Å². The molecule has 1 aromatic carbocycles. The number of carbonyl (C=O) groups is 3. The normalized spacial score (nSPS) is 30.1. The summed E-state index contributed by atoms with van der Waals surface area (Å²) in [4.78, 5) is 46.0. The molecule has 40 heavy (non-hydrogen) atoms. The van der Waals surface area contributed by atoms with Crippen molar-refractivity contribution in [1.29, 1.82) is 0 Å². The fraction of sp³-hybridized carbons (Fsp3) is 0.581. The number of anilines is 1. The molecule has 7 atom stereocenters. The topological polar surface area (TPSA) is 87.1 Å². The molecule has 1 spiro atoms. The van der Waals surface area contributed by atoms with Crippen LogP contribution in [-0.2, 0) is 19.1 Å². The minimum Gasteiger partial charge on any atom is -0.465 e. The van der Waals surface area contributed by atoms with Crippen molar-refractivity contribution in [1.82, 2.24) is 4.90 Å². The van der Waals surface area contributed by atoms with Gasteiger partial charge in [-0.1, -0.05) is 56.2 Å². The Bertz CT molecular complexity index is 1160. The molecule has 1 aromatic rings. The molecule has 0 aliphatic carbocycles. The Labute approximate surface area is 246 Å². The maximum atomic E-state index is 14.7. The average Bonchev–Trinajstić information content (AvgIpc) is 3.51. The van der Waals surface area contributed by atoms with Crippen LogP contribution in [0.5, 0.6) is 0 Å². The van der Waals surface area contributed by atoms with Crippen LogP contribution in [0.1, 0.15) is 52.9 Å². The van der Waals surface area contributed by atoms with Crippen molar-refractivity contribution in [3.8, 4) is 0 Å². The predicted octanol–water partition coefficient (Wildman–Crippen LogP) is 5.26. The summed E-state index contributed by atoms with van der Waals surface area (Å²) in [7, 11) is 0. The van der Waals surface area contributed by atoms with Gasteiger partial charge in [-0.15, -0.1) is 24.9 Å². The number of carbonyl (C=O) groups excluding carboxylic acids is 3. The molecule has 2 amide bonds. The first-order valence-electron chi connectivity index (χ1n) is 14.2. The molecule has 3 aliphatic rings. The Balaban J connectivity index is 1.81. The van der Waals surface area contributed by atoms with Crippen LogP contribution in [0.25, 0.3) is 0 Å². The molecule has 3 saturated heterocycles. The number of unbranched alkanes of at least 4 members (excludes halogenated alkanes) is 1. The number of esters is 1. The first-order valence-corrected chi connectivity index (χ1v) is 15.4. The summed E-state index contributed by atoms with van der Waals surface area (Å²) >= 11 is 8.15. The summed E-state index contributed by atoms with van der Waals surface area (Å²) in [5.74, 6) is -2.36. The molecule has 3 fully saturated rings. The third-order valence-corrected chi connectivity index (χ3v) is 11.4. The van der Waals surface area contributed by atoms with Gasteiger partial charge < -0.3 is 19.6 Å². The summed E-state index contributed by atoms with van der Waals surface area (Å²) in [5, 5.41) is 11.0. The van der Waals surface area contributed by atoms with E-state index in [0.717, 1.165) is 6.42 Å². The highest BCUT2D eigenvalue weighted by molar-refractivity contribution is 8.02. The summed E-state index contributed by atoms with van der Waals surface area (Å²) in [6.45, 7) is 13.8. The molecule has 7 nitrogen and oxygen atoms in total. The van der Waals surface area contributed by atoms with E-state index in [4.69, 9.17) is 16.3 Å². The van der Waals surface area contributed by atoms with Gasteiger partial charge in [0.2, 0.25) is 5.91 Å². The Kier molecular flexibility index (Phi) is 9.42. The predicted molar refractivity (Wildman–Crippen MR) is 160 cm³/mol. The van der Waals surface area contributed by atoms with E-state index in [1.54, 1.807) is 51.9 Å². The molecule has 9 heteroatoms. The van der Waals surface area contributed by atoms with Crippen molar-refractivity contribution in [3.63, 3.8) is 0 Å². The van der Waals surface area contributed by atoms with E-state index in [2.05, 4.69) is 13.2 Å². The van der Waals surface area contributed by atoms with Gasteiger partial charge in [-0.2, -0.15) is 0 Å². The van der Waals surface area contributed by atoms with E-state index >= 15 is 0 Å². The summed E-state index contributed by atoms with van der Waals surface area (Å²) in [6.07, 6.45) is 6.83. The molecule has 1 N–H and O–H groups in total. The summed E-state index contributed by atoms with van der Waals surface area (Å²) in [5.41, 5.74) is 0.535. The number of amides is 2. The van der Waals surface area contributed by atoms with Gasteiger partial charge in [0.15, 0.2) is 0 Å². The third kappa shape index (κ3) is 5.01. The van der Waals surface area contributed by atoms with Crippen molar-refractivity contribution >= 4 is 46.8 Å². The molecule has 3 aliphatic heterocycles. The number of aliphatic hydroxyl groups is 1. The highest BCUT2D eigenvalue weighted by Gasteiger charge is 2.78. The van der Waals surface area contributed by atoms with Gasteiger partial charge in [0.1, 0.15) is 6.04 Å². The lowest BCUT2D eigenvalue weighted by atomic mass is 9.66. The molecule has 4 rings (SSSR count). The largest absolute Gasteiger partial charge is 0.465 e. The monoisotopic (exact) mass is 588 g/mol. The number of halogens is 1. The van der Waals surface area contributed by atoms with Crippen molar-refractivity contribution in [2.45, 2.75) is 74.5 Å². The van der Waals surface area contributed by atoms with Crippen LogP contribution in [0, 0.1) is 17.8 Å². The number of rotatable bonds is 13. The van der Waals surface area contributed by atoms with Crippen LogP contribution >= 0.6 is 23.4 Å². The number of hydrogen-bond donors (Lipinski definition) is 1. The quantitative estimate of drug-likeness (QED) is 0.192. The van der Waals surface area contributed by atoms with Crippen molar-refractivity contribution in [3.05, 3.63) is 54.6 Å². The van der Waals surface area contributed by atoms with Crippen LogP contribution in [0.3, 0.4) is 0 Å². The zero-order valence-corrected chi connectivity index (χ0v) is 25.3. The molecule has 0 saturated carbocycles. The number of benzene rings is 1. The number of aliphatic hydroxyl groups excluding tert-OH is 1. The molecular weight excluding hydrogens is 548 g/mol. The molecule has 3 heterocycles. The minimum atomic E-state index is -0.877. The second-order valence-corrected chi connectivity index (χ2v) is 13.7. The second kappa shape index (κ2) is 12.3. The van der Waals surface area contributed by atoms with E-state index in [0.29, 0.717) is 36.4 Å². The standard InChI is InChI=1S/C31H41ClN2O5S/c1-6-9-12-18-39-29(38)25-24-27(36)34(23(19-35)20(4)8-3)26(31(24)16-15-30(25,5)40-31)28(37)33(17-7-2)22-14-11-10-13-21(22)32/h6-7,10-11,13-14,20,23-26,35H,1-2,8-9,12,15-19H2,3-5H3/t20-,23-,24-,25-,26?,30+,31?/m0/s1. The Morgan fingerprint density at radius 2 is 2.02 bits per heavy atom. The van der Waals surface area contributed by atoms with Crippen LogP contribution < -0.4 is 4.90 Å². The van der Waals surface area contributed by atoms with Gasteiger partial charge in [0.25, 0.3) is 5.91 Å². The van der Waals surface area contributed by atoms with Crippen molar-refractivity contribution < 1.29 is 24.2 Å². The van der Waals surface area contributed by atoms with E-state index in [1.165, 1.54) is 0 Å². The zero-order valence-electron chi connectivity index (χ0n) is 23.7.